The minimum absolute atomic E-state index is 0.0225. The number of hydrogen-bond donors (Lipinski definition) is 0. The fourth-order valence-corrected chi connectivity index (χ4v) is 5.80. The highest BCUT2D eigenvalue weighted by Gasteiger charge is 2.70. The number of ketones is 1. The largest absolute Gasteiger partial charge is 0.297 e. The van der Waals surface area contributed by atoms with Crippen molar-refractivity contribution < 1.29 is 4.79 Å². The molecule has 1 nitrogen and oxygen atoms in total. The number of rotatable bonds is 0. The van der Waals surface area contributed by atoms with Gasteiger partial charge in [0.25, 0.3) is 0 Å². The smallest absolute Gasteiger partial charge is 0.156 e. The fraction of sp³-hybridized carbons (Fsp3) is 0.786. The van der Waals surface area contributed by atoms with Crippen LogP contribution in [0, 0.1) is 17.3 Å². The summed E-state index contributed by atoms with van der Waals surface area (Å²) < 4.78 is -0.199. The van der Waals surface area contributed by atoms with Crippen molar-refractivity contribution in [2.45, 2.75) is 50.8 Å². The number of carbonyl (C=O) groups excluding carboxylic acids is 1. The zero-order valence-corrected chi connectivity index (χ0v) is 11.9. The molecule has 0 aromatic rings. The Hall–Kier alpha value is -0.110. The van der Waals surface area contributed by atoms with E-state index in [1.807, 2.05) is 0 Å². The van der Waals surface area contributed by atoms with E-state index in [9.17, 15) is 4.79 Å². The van der Waals surface area contributed by atoms with Gasteiger partial charge in [0.1, 0.15) is 0 Å². The summed E-state index contributed by atoms with van der Waals surface area (Å²) in [6.07, 6.45) is 4.49. The number of allylic oxidation sites excluding steroid dienone is 2. The van der Waals surface area contributed by atoms with Crippen LogP contribution >= 0.6 is 15.9 Å². The predicted octanol–water partition coefficient (Wildman–Crippen LogP) is 3.87. The summed E-state index contributed by atoms with van der Waals surface area (Å²) in [5, 5.41) is 0. The van der Waals surface area contributed by atoms with Gasteiger partial charge in [0.2, 0.25) is 0 Å². The van der Waals surface area contributed by atoms with Gasteiger partial charge in [-0.25, -0.2) is 0 Å². The Morgan fingerprint density at radius 2 is 2.06 bits per heavy atom. The second kappa shape index (κ2) is 3.01. The SMILES string of the molecule is CC(C)=C1CCC2(C)C(=O)C3(Br)CCC2C13. The molecule has 0 saturated heterocycles. The zero-order chi connectivity index (χ0) is 11.7. The highest BCUT2D eigenvalue weighted by atomic mass is 79.9. The van der Waals surface area contributed by atoms with Crippen LogP contribution in [-0.4, -0.2) is 10.1 Å². The summed E-state index contributed by atoms with van der Waals surface area (Å²) in [7, 11) is 0. The molecule has 2 heteroatoms. The maximum absolute atomic E-state index is 12.6. The van der Waals surface area contributed by atoms with E-state index in [4.69, 9.17) is 0 Å². The molecule has 3 fully saturated rings. The van der Waals surface area contributed by atoms with Crippen LogP contribution in [0.15, 0.2) is 11.1 Å². The van der Waals surface area contributed by atoms with Crippen molar-refractivity contribution >= 4 is 21.7 Å². The van der Waals surface area contributed by atoms with Crippen molar-refractivity contribution in [3.8, 4) is 0 Å². The topological polar surface area (TPSA) is 17.1 Å². The van der Waals surface area contributed by atoms with Crippen molar-refractivity contribution in [1.29, 1.82) is 0 Å². The molecule has 4 unspecified atom stereocenters. The molecule has 88 valence electrons. The van der Waals surface area contributed by atoms with Crippen LogP contribution in [0.2, 0.25) is 0 Å². The molecular weight excluding hydrogens is 264 g/mol. The maximum atomic E-state index is 12.6. The van der Waals surface area contributed by atoms with Crippen molar-refractivity contribution in [2.75, 3.05) is 0 Å². The first-order chi connectivity index (χ1) is 7.41. The first kappa shape index (κ1) is 11.0. The fourth-order valence-electron chi connectivity index (χ4n) is 4.52. The Morgan fingerprint density at radius 1 is 1.38 bits per heavy atom. The van der Waals surface area contributed by atoms with Gasteiger partial charge in [-0.2, -0.15) is 0 Å². The minimum atomic E-state index is -0.199. The normalized spacial score (nSPS) is 50.0. The molecule has 4 atom stereocenters. The maximum Gasteiger partial charge on any atom is 0.156 e. The van der Waals surface area contributed by atoms with Gasteiger partial charge in [0.05, 0.1) is 4.32 Å². The zero-order valence-electron chi connectivity index (χ0n) is 10.3. The van der Waals surface area contributed by atoms with Crippen LogP contribution in [-0.2, 0) is 4.79 Å². The number of hydrogen-bond acceptors (Lipinski definition) is 1. The van der Waals surface area contributed by atoms with Crippen molar-refractivity contribution in [3.63, 3.8) is 0 Å². The summed E-state index contributed by atoms with van der Waals surface area (Å²) in [5.74, 6) is 1.61. The number of Topliss-reactive ketones (excluding diaryl/α,β-unsaturated/α-hetero) is 1. The van der Waals surface area contributed by atoms with Gasteiger partial charge in [-0.05, 0) is 45.4 Å². The third-order valence-electron chi connectivity index (χ3n) is 5.36. The first-order valence-corrected chi connectivity index (χ1v) is 7.10. The molecule has 3 aliphatic carbocycles. The van der Waals surface area contributed by atoms with E-state index in [0.29, 0.717) is 17.6 Å². The Kier molecular flexibility index (Phi) is 2.07. The summed E-state index contributed by atoms with van der Waals surface area (Å²) in [6, 6.07) is 0. The molecule has 0 heterocycles. The second-order valence-electron chi connectivity index (χ2n) is 6.26. The minimum Gasteiger partial charge on any atom is -0.297 e. The number of alkyl halides is 1. The van der Waals surface area contributed by atoms with Crippen molar-refractivity contribution in [1.82, 2.24) is 0 Å². The average molecular weight is 283 g/mol. The van der Waals surface area contributed by atoms with Gasteiger partial charge in [0, 0.05) is 11.3 Å². The Bertz CT molecular complexity index is 407. The van der Waals surface area contributed by atoms with Crippen LogP contribution < -0.4 is 0 Å². The molecule has 4 bridgehead atoms. The summed E-state index contributed by atoms with van der Waals surface area (Å²) in [6.45, 7) is 6.62. The van der Waals surface area contributed by atoms with Gasteiger partial charge in [-0.15, -0.1) is 0 Å². The monoisotopic (exact) mass is 282 g/mol. The summed E-state index contributed by atoms with van der Waals surface area (Å²) >= 11 is 3.82. The van der Waals surface area contributed by atoms with Crippen molar-refractivity contribution in [3.05, 3.63) is 11.1 Å². The number of halogens is 1. The first-order valence-electron chi connectivity index (χ1n) is 6.31. The third kappa shape index (κ3) is 1.01. The quantitative estimate of drug-likeness (QED) is 0.487. The molecule has 0 aliphatic heterocycles. The molecule has 0 radical (unpaired) electrons. The van der Waals surface area contributed by atoms with Crippen LogP contribution in [0.1, 0.15) is 46.5 Å². The molecule has 0 N–H and O–H groups in total. The highest BCUT2D eigenvalue weighted by Crippen LogP contribution is 2.69. The average Bonchev–Trinajstić information content (AvgIpc) is 2.61. The summed E-state index contributed by atoms with van der Waals surface area (Å²) in [5.41, 5.74) is 2.99. The van der Waals surface area contributed by atoms with E-state index >= 15 is 0 Å². The Labute approximate surface area is 106 Å². The van der Waals surface area contributed by atoms with Gasteiger partial charge >= 0.3 is 0 Å². The molecule has 0 amide bonds. The van der Waals surface area contributed by atoms with Crippen LogP contribution in [0.25, 0.3) is 0 Å². The van der Waals surface area contributed by atoms with Gasteiger partial charge < -0.3 is 0 Å². The molecule has 0 aromatic carbocycles. The van der Waals surface area contributed by atoms with Gasteiger partial charge in [-0.1, -0.05) is 34.0 Å². The van der Waals surface area contributed by atoms with Crippen LogP contribution in [0.3, 0.4) is 0 Å². The standard InChI is InChI=1S/C14H19BrO/c1-8(2)9-4-6-13(3)10-5-7-14(15,11(9)10)12(13)16/h10-11H,4-7H2,1-3H3. The van der Waals surface area contributed by atoms with E-state index in [2.05, 4.69) is 36.7 Å². The lowest BCUT2D eigenvalue weighted by molar-refractivity contribution is -0.130. The third-order valence-corrected chi connectivity index (χ3v) is 6.61. The second-order valence-corrected chi connectivity index (χ2v) is 7.67. The molecule has 3 saturated carbocycles. The van der Waals surface area contributed by atoms with E-state index in [-0.39, 0.29) is 9.74 Å². The lowest BCUT2D eigenvalue weighted by atomic mass is 9.65. The lowest BCUT2D eigenvalue weighted by Crippen LogP contribution is -2.39. The van der Waals surface area contributed by atoms with E-state index in [1.165, 1.54) is 12.0 Å². The van der Waals surface area contributed by atoms with E-state index in [0.717, 1.165) is 19.3 Å². The van der Waals surface area contributed by atoms with E-state index < -0.39 is 0 Å². The molecule has 0 aromatic heterocycles. The molecule has 16 heavy (non-hydrogen) atoms. The molecule has 0 spiro atoms. The Balaban J connectivity index is 2.19. The summed E-state index contributed by atoms with van der Waals surface area (Å²) in [4.78, 5) is 12.6. The molecular formula is C14H19BrO. The molecule has 3 rings (SSSR count). The van der Waals surface area contributed by atoms with Crippen molar-refractivity contribution in [2.24, 2.45) is 17.3 Å². The Morgan fingerprint density at radius 3 is 2.69 bits per heavy atom. The van der Waals surface area contributed by atoms with Crippen LogP contribution in [0.5, 0.6) is 0 Å². The lowest BCUT2D eigenvalue weighted by Gasteiger charge is -2.37. The van der Waals surface area contributed by atoms with Crippen LogP contribution in [0.4, 0.5) is 0 Å². The predicted molar refractivity (Wildman–Crippen MR) is 68.6 cm³/mol. The van der Waals surface area contributed by atoms with Gasteiger partial charge in [0.15, 0.2) is 5.78 Å². The number of carbonyl (C=O) groups is 1. The van der Waals surface area contributed by atoms with Gasteiger partial charge in [-0.3, -0.25) is 4.79 Å². The molecule has 3 aliphatic rings. The highest BCUT2D eigenvalue weighted by molar-refractivity contribution is 9.10. The van der Waals surface area contributed by atoms with E-state index in [1.54, 1.807) is 5.57 Å².